The molecule has 0 radical (unpaired) electrons. The second kappa shape index (κ2) is 5.92. The summed E-state index contributed by atoms with van der Waals surface area (Å²) in [7, 11) is 0. The molecule has 0 atom stereocenters. The molecule has 0 amide bonds. The average Bonchev–Trinajstić information content (AvgIpc) is 2.98. The number of hydrogen-bond donors (Lipinski definition) is 3. The van der Waals surface area contributed by atoms with Crippen LogP contribution in [-0.2, 0) is 13.1 Å². The Morgan fingerprint density at radius 2 is 2.04 bits per heavy atom. The van der Waals surface area contributed by atoms with Gasteiger partial charge in [0.25, 0.3) is 0 Å². The molecule has 9 heteroatoms. The molecule has 0 aliphatic carbocycles. The molecule has 1 aromatic carbocycles. The Bertz CT molecular complexity index is 1020. The maximum atomic E-state index is 12.3. The van der Waals surface area contributed by atoms with Crippen LogP contribution in [0, 0.1) is 0 Å². The number of aromatic nitrogens is 3. The number of benzene rings is 1. The molecule has 3 aromatic rings. The Hall–Kier alpha value is -2.38. The second-order valence-electron chi connectivity index (χ2n) is 5.24. The van der Waals surface area contributed by atoms with E-state index in [9.17, 15) is 19.8 Å². The molecule has 126 valence electrons. The molecule has 0 spiro atoms. The zero-order chi connectivity index (χ0) is 17.6. The minimum atomic E-state index is -1.18. The average molecular weight is 370 g/mol. The fourth-order valence-corrected chi connectivity index (χ4v) is 3.36. The van der Waals surface area contributed by atoms with Gasteiger partial charge in [-0.3, -0.25) is 9.13 Å². The summed E-state index contributed by atoms with van der Waals surface area (Å²) in [6, 6.07) is 3.07. The summed E-state index contributed by atoms with van der Waals surface area (Å²) < 4.78 is 2.41. The number of carboxylic acids is 1. The highest BCUT2D eigenvalue weighted by atomic mass is 35.5. The molecule has 0 fully saturated rings. The van der Waals surface area contributed by atoms with Crippen LogP contribution in [0.3, 0.4) is 0 Å². The molecule has 24 heavy (non-hydrogen) atoms. The van der Waals surface area contributed by atoms with Crippen molar-refractivity contribution < 1.29 is 15.0 Å². The molecule has 3 rings (SSSR count). The molecule has 2 aromatic heterocycles. The molecule has 0 saturated carbocycles. The number of aromatic hydroxyl groups is 1. The number of hydrogen-bond acceptors (Lipinski definition) is 3. The highest BCUT2D eigenvalue weighted by Crippen LogP contribution is 2.33. The van der Waals surface area contributed by atoms with E-state index in [4.69, 9.17) is 23.2 Å². The van der Waals surface area contributed by atoms with Gasteiger partial charge in [0.1, 0.15) is 5.69 Å². The Kier molecular flexibility index (Phi) is 4.06. The number of rotatable bonds is 4. The largest absolute Gasteiger partial charge is 0.493 e. The van der Waals surface area contributed by atoms with Gasteiger partial charge in [0.05, 0.1) is 17.8 Å². The zero-order valence-corrected chi connectivity index (χ0v) is 14.0. The van der Waals surface area contributed by atoms with Crippen LogP contribution in [-0.4, -0.2) is 30.3 Å². The third-order valence-corrected chi connectivity index (χ3v) is 4.32. The second-order valence-corrected chi connectivity index (χ2v) is 6.08. The van der Waals surface area contributed by atoms with Crippen LogP contribution in [0.2, 0.25) is 10.0 Å². The van der Waals surface area contributed by atoms with Crippen molar-refractivity contribution in [2.75, 3.05) is 0 Å². The van der Waals surface area contributed by atoms with Crippen molar-refractivity contribution in [2.45, 2.75) is 20.0 Å². The molecular weight excluding hydrogens is 357 g/mol. The van der Waals surface area contributed by atoms with Crippen LogP contribution >= 0.6 is 23.2 Å². The minimum absolute atomic E-state index is 0.0532. The van der Waals surface area contributed by atoms with E-state index in [-0.39, 0.29) is 23.1 Å². The first kappa shape index (κ1) is 16.5. The van der Waals surface area contributed by atoms with E-state index < -0.39 is 11.7 Å². The zero-order valence-electron chi connectivity index (χ0n) is 12.5. The number of nitrogens with zero attached hydrogens (tertiary/aromatic N) is 2. The predicted molar refractivity (Wildman–Crippen MR) is 90.4 cm³/mol. The Balaban J connectivity index is 2.24. The number of nitrogens with one attached hydrogen (secondary N) is 1. The minimum Gasteiger partial charge on any atom is -0.493 e. The van der Waals surface area contributed by atoms with E-state index in [0.717, 1.165) is 0 Å². The van der Waals surface area contributed by atoms with Gasteiger partial charge in [-0.25, -0.2) is 9.59 Å². The van der Waals surface area contributed by atoms with E-state index in [1.807, 2.05) is 0 Å². The fourth-order valence-electron chi connectivity index (χ4n) is 2.75. The normalized spacial score (nSPS) is 11.3. The van der Waals surface area contributed by atoms with Gasteiger partial charge in [0, 0.05) is 28.0 Å². The van der Waals surface area contributed by atoms with Gasteiger partial charge < -0.3 is 15.2 Å². The number of aromatic amines is 1. The van der Waals surface area contributed by atoms with Gasteiger partial charge in [-0.15, -0.1) is 0 Å². The summed E-state index contributed by atoms with van der Waals surface area (Å²) in [6.45, 7) is 1.97. The Morgan fingerprint density at radius 3 is 2.62 bits per heavy atom. The number of imidazole rings is 1. The van der Waals surface area contributed by atoms with Crippen LogP contribution in [0.1, 0.15) is 23.0 Å². The maximum absolute atomic E-state index is 12.3. The van der Waals surface area contributed by atoms with Crippen LogP contribution < -0.4 is 5.69 Å². The van der Waals surface area contributed by atoms with E-state index >= 15 is 0 Å². The molecule has 0 saturated heterocycles. The summed E-state index contributed by atoms with van der Waals surface area (Å²) in [5, 5.41) is 20.4. The molecule has 0 bridgehead atoms. The summed E-state index contributed by atoms with van der Waals surface area (Å²) in [4.78, 5) is 26.6. The quantitative estimate of drug-likeness (QED) is 0.657. The summed E-state index contributed by atoms with van der Waals surface area (Å²) in [6.07, 6.45) is 1.26. The van der Waals surface area contributed by atoms with E-state index in [1.165, 1.54) is 21.4 Å². The lowest BCUT2D eigenvalue weighted by molar-refractivity contribution is 0.0690. The van der Waals surface area contributed by atoms with Crippen molar-refractivity contribution >= 4 is 40.1 Å². The maximum Gasteiger partial charge on any atom is 0.352 e. The molecular formula is C15H13Cl2N3O4. The van der Waals surface area contributed by atoms with Crippen LogP contribution in [0.15, 0.2) is 23.1 Å². The number of carbonyl (C=O) groups is 1. The smallest absolute Gasteiger partial charge is 0.352 e. The number of halogens is 2. The Morgan fingerprint density at radius 1 is 1.33 bits per heavy atom. The first-order chi connectivity index (χ1) is 11.3. The van der Waals surface area contributed by atoms with Crippen molar-refractivity contribution in [1.82, 2.24) is 14.1 Å². The molecule has 0 aliphatic heterocycles. The predicted octanol–water partition coefficient (Wildman–Crippen LogP) is 2.91. The van der Waals surface area contributed by atoms with Crippen molar-refractivity contribution in [3.8, 4) is 5.88 Å². The van der Waals surface area contributed by atoms with Crippen molar-refractivity contribution in [3.05, 3.63) is 50.1 Å². The number of aromatic carboxylic acids is 1. The Labute approximate surface area is 145 Å². The van der Waals surface area contributed by atoms with E-state index in [0.29, 0.717) is 28.0 Å². The van der Waals surface area contributed by atoms with Gasteiger partial charge in [-0.2, -0.15) is 0 Å². The number of fused-ring (bicyclic) bond motifs is 1. The topological polar surface area (TPSA) is 100 Å². The van der Waals surface area contributed by atoms with Gasteiger partial charge in [-0.05, 0) is 19.1 Å². The monoisotopic (exact) mass is 369 g/mol. The lowest BCUT2D eigenvalue weighted by Crippen LogP contribution is -2.24. The summed E-state index contributed by atoms with van der Waals surface area (Å²) in [5.41, 5.74) is 0.289. The van der Waals surface area contributed by atoms with Crippen LogP contribution in [0.5, 0.6) is 5.88 Å². The van der Waals surface area contributed by atoms with Crippen molar-refractivity contribution in [3.63, 3.8) is 0 Å². The van der Waals surface area contributed by atoms with Crippen molar-refractivity contribution in [1.29, 1.82) is 0 Å². The molecule has 7 nitrogen and oxygen atoms in total. The van der Waals surface area contributed by atoms with Gasteiger partial charge in [0.15, 0.2) is 0 Å². The first-order valence-electron chi connectivity index (χ1n) is 7.05. The fraction of sp³-hybridized carbons (Fsp3) is 0.200. The lowest BCUT2D eigenvalue weighted by Gasteiger charge is -2.04. The van der Waals surface area contributed by atoms with Crippen LogP contribution in [0.4, 0.5) is 0 Å². The van der Waals surface area contributed by atoms with Gasteiger partial charge in [0.2, 0.25) is 5.88 Å². The first-order valence-corrected chi connectivity index (χ1v) is 7.80. The highest BCUT2D eigenvalue weighted by molar-refractivity contribution is 6.39. The summed E-state index contributed by atoms with van der Waals surface area (Å²) in [5.74, 6) is -1.37. The lowest BCUT2D eigenvalue weighted by atomic mass is 10.1. The standard InChI is InChI=1S/C15H13Cl2N3O4/c1-2-20-11(21)6-19(15(20)24)5-8-12-9(17)3-7(16)4-10(12)18-13(8)14(22)23/h3-4,6,18,21H,2,5H2,1H3,(H,22,23). The van der Waals surface area contributed by atoms with Crippen molar-refractivity contribution in [2.24, 2.45) is 0 Å². The number of H-pyrrole nitrogens is 1. The SMILES string of the molecule is CCn1c(O)cn(Cc2c(C(=O)O)[nH]c3cc(Cl)cc(Cl)c23)c1=O. The van der Waals surface area contributed by atoms with E-state index in [1.54, 1.807) is 13.0 Å². The molecule has 0 unspecified atom stereocenters. The molecule has 3 N–H and O–H groups in total. The third kappa shape index (κ3) is 2.55. The molecule has 0 aliphatic rings. The summed E-state index contributed by atoms with van der Waals surface area (Å²) >= 11 is 12.2. The van der Waals surface area contributed by atoms with E-state index in [2.05, 4.69) is 4.98 Å². The molecule has 2 heterocycles. The third-order valence-electron chi connectivity index (χ3n) is 3.80. The van der Waals surface area contributed by atoms with Gasteiger partial charge in [-0.1, -0.05) is 23.2 Å². The van der Waals surface area contributed by atoms with Gasteiger partial charge >= 0.3 is 11.7 Å². The highest BCUT2D eigenvalue weighted by Gasteiger charge is 2.21. The van der Waals surface area contributed by atoms with Crippen LogP contribution in [0.25, 0.3) is 10.9 Å². The number of carboxylic acid groups (broad SMARTS) is 1.